The lowest BCUT2D eigenvalue weighted by molar-refractivity contribution is 0.967. The summed E-state index contributed by atoms with van der Waals surface area (Å²) in [6.45, 7) is 0. The molecule has 2 aromatic heterocycles. The van der Waals surface area contributed by atoms with Crippen LogP contribution in [0, 0.1) is 3.95 Å². The highest BCUT2D eigenvalue weighted by molar-refractivity contribution is 7.73. The number of anilines is 1. The van der Waals surface area contributed by atoms with E-state index in [0.717, 1.165) is 5.69 Å². The molecule has 0 unspecified atom stereocenters. The molecule has 0 aliphatic heterocycles. The van der Waals surface area contributed by atoms with Crippen LogP contribution in [0.25, 0.3) is 21.7 Å². The van der Waals surface area contributed by atoms with E-state index in [4.69, 9.17) is 18.0 Å². The fourth-order valence-corrected chi connectivity index (χ4v) is 3.91. The van der Waals surface area contributed by atoms with Gasteiger partial charge >= 0.3 is 0 Å². The minimum atomic E-state index is -0.213. The van der Waals surface area contributed by atoms with Crippen molar-refractivity contribution >= 4 is 39.9 Å². The first-order valence-electron chi connectivity index (χ1n) is 7.22. The van der Waals surface area contributed by atoms with Gasteiger partial charge in [-0.15, -0.1) is 0 Å². The molecule has 0 saturated heterocycles. The number of benzene rings is 2. The third kappa shape index (κ3) is 2.26. The van der Waals surface area contributed by atoms with E-state index in [0.29, 0.717) is 20.0 Å². The predicted molar refractivity (Wildman–Crippen MR) is 99.8 cm³/mol. The highest BCUT2D eigenvalue weighted by Gasteiger charge is 2.16. The van der Waals surface area contributed by atoms with E-state index in [1.54, 1.807) is 4.57 Å². The topological polar surface area (TPSA) is 65.8 Å². The van der Waals surface area contributed by atoms with Gasteiger partial charge in [0.15, 0.2) is 9.60 Å². The molecule has 0 fully saturated rings. The summed E-state index contributed by atoms with van der Waals surface area (Å²) >= 11 is 6.69. The lowest BCUT2D eigenvalue weighted by Gasteiger charge is -2.09. The van der Waals surface area contributed by atoms with Crippen molar-refractivity contribution < 1.29 is 0 Å². The van der Waals surface area contributed by atoms with Crippen molar-refractivity contribution in [1.82, 2.24) is 14.1 Å². The van der Waals surface area contributed by atoms with Crippen LogP contribution in [0.4, 0.5) is 5.95 Å². The third-order valence-corrected chi connectivity index (χ3v) is 5.01. The van der Waals surface area contributed by atoms with Gasteiger partial charge in [-0.2, -0.15) is 4.98 Å². The quantitative estimate of drug-likeness (QED) is 0.560. The Morgan fingerprint density at radius 1 is 0.917 bits per heavy atom. The highest BCUT2D eigenvalue weighted by Crippen LogP contribution is 2.24. The van der Waals surface area contributed by atoms with Crippen LogP contribution in [0.3, 0.4) is 0 Å². The van der Waals surface area contributed by atoms with E-state index in [2.05, 4.69) is 4.98 Å². The Balaban J connectivity index is 2.07. The van der Waals surface area contributed by atoms with Crippen LogP contribution in [-0.4, -0.2) is 14.1 Å². The Morgan fingerprint density at radius 3 is 2.04 bits per heavy atom. The van der Waals surface area contributed by atoms with Crippen LogP contribution in [0.2, 0.25) is 0 Å². The molecule has 0 radical (unpaired) electrons. The van der Waals surface area contributed by atoms with Crippen molar-refractivity contribution in [2.24, 2.45) is 0 Å². The second kappa shape index (κ2) is 5.70. The van der Waals surface area contributed by atoms with Crippen molar-refractivity contribution in [2.75, 3.05) is 5.73 Å². The Kier molecular flexibility index (Phi) is 3.51. The van der Waals surface area contributed by atoms with Gasteiger partial charge in [0.2, 0.25) is 5.95 Å². The molecule has 0 bridgehead atoms. The summed E-state index contributed by atoms with van der Waals surface area (Å²) < 4.78 is 4.23. The van der Waals surface area contributed by atoms with Gasteiger partial charge in [-0.05, 0) is 36.5 Å². The average molecular weight is 352 g/mol. The SMILES string of the molecule is Nc1nc2c(sc(=S)n2-c2ccccc2)c(=O)n1-c1ccccc1. The smallest absolute Gasteiger partial charge is 0.279 e. The van der Waals surface area contributed by atoms with E-state index in [1.807, 2.05) is 60.7 Å². The average Bonchev–Trinajstić information content (AvgIpc) is 2.93. The Hall–Kier alpha value is -2.77. The first kappa shape index (κ1) is 14.8. The maximum atomic E-state index is 12.9. The number of aromatic nitrogens is 3. The standard InChI is InChI=1S/C17H12N4OS2/c18-16-19-14-13(15(22)21(16)12-9-5-2-6-10-12)24-17(23)20(14)11-7-3-1-4-8-11/h1-10H,(H2,18,19). The molecular weight excluding hydrogens is 340 g/mol. The number of fused-ring (bicyclic) bond motifs is 1. The summed E-state index contributed by atoms with van der Waals surface area (Å²) in [4.78, 5) is 17.4. The zero-order chi connectivity index (χ0) is 16.7. The van der Waals surface area contributed by atoms with Gasteiger partial charge in [-0.3, -0.25) is 9.36 Å². The van der Waals surface area contributed by atoms with Crippen molar-refractivity contribution in [3.8, 4) is 11.4 Å². The van der Waals surface area contributed by atoms with Crippen LogP contribution < -0.4 is 11.3 Å². The molecule has 0 aliphatic rings. The van der Waals surface area contributed by atoms with Gasteiger partial charge in [0.25, 0.3) is 5.56 Å². The van der Waals surface area contributed by atoms with Crippen LogP contribution in [0.5, 0.6) is 0 Å². The summed E-state index contributed by atoms with van der Waals surface area (Å²) in [5.74, 6) is 0.135. The lowest BCUT2D eigenvalue weighted by Crippen LogP contribution is -2.22. The molecule has 7 heteroatoms. The second-order valence-electron chi connectivity index (χ2n) is 5.14. The van der Waals surface area contributed by atoms with E-state index in [9.17, 15) is 4.79 Å². The fourth-order valence-electron chi connectivity index (χ4n) is 2.60. The van der Waals surface area contributed by atoms with Crippen LogP contribution in [0.1, 0.15) is 0 Å². The Morgan fingerprint density at radius 2 is 1.46 bits per heavy atom. The van der Waals surface area contributed by atoms with Gasteiger partial charge in [0.05, 0.1) is 5.69 Å². The highest BCUT2D eigenvalue weighted by atomic mass is 32.1. The maximum Gasteiger partial charge on any atom is 0.279 e. The molecule has 0 atom stereocenters. The molecule has 0 spiro atoms. The number of hydrogen-bond acceptors (Lipinski definition) is 5. The number of nitrogens with two attached hydrogens (primary N) is 1. The Labute approximate surface area is 146 Å². The molecule has 2 N–H and O–H groups in total. The van der Waals surface area contributed by atoms with Crippen molar-refractivity contribution in [3.05, 3.63) is 75.0 Å². The van der Waals surface area contributed by atoms with Crippen LogP contribution in [-0.2, 0) is 0 Å². The minimum Gasteiger partial charge on any atom is -0.369 e. The number of para-hydroxylation sites is 2. The van der Waals surface area contributed by atoms with Crippen molar-refractivity contribution in [3.63, 3.8) is 0 Å². The van der Waals surface area contributed by atoms with E-state index in [1.165, 1.54) is 15.9 Å². The number of nitrogens with zero attached hydrogens (tertiary/aromatic N) is 3. The van der Waals surface area contributed by atoms with E-state index in [-0.39, 0.29) is 11.5 Å². The first-order chi connectivity index (χ1) is 11.7. The molecule has 24 heavy (non-hydrogen) atoms. The van der Waals surface area contributed by atoms with Crippen LogP contribution in [0.15, 0.2) is 65.5 Å². The monoisotopic (exact) mass is 352 g/mol. The normalized spacial score (nSPS) is 11.0. The Bertz CT molecular complexity index is 1140. The number of thiazole rings is 1. The molecule has 4 rings (SSSR count). The van der Waals surface area contributed by atoms with Crippen LogP contribution >= 0.6 is 23.6 Å². The number of nitrogen functional groups attached to an aromatic ring is 1. The molecular formula is C17H12N4OS2. The second-order valence-corrected chi connectivity index (χ2v) is 6.78. The summed E-state index contributed by atoms with van der Waals surface area (Å²) in [5, 5.41) is 0. The summed E-state index contributed by atoms with van der Waals surface area (Å²) in [6.07, 6.45) is 0. The fraction of sp³-hybridized carbons (Fsp3) is 0. The summed E-state index contributed by atoms with van der Waals surface area (Å²) in [7, 11) is 0. The largest absolute Gasteiger partial charge is 0.369 e. The minimum absolute atomic E-state index is 0.135. The first-order valence-corrected chi connectivity index (χ1v) is 8.44. The summed E-state index contributed by atoms with van der Waals surface area (Å²) in [5.41, 5.74) is 7.90. The molecule has 0 aliphatic carbocycles. The molecule has 4 aromatic rings. The predicted octanol–water partition coefficient (Wildman–Crippen LogP) is 3.55. The van der Waals surface area contributed by atoms with E-state index >= 15 is 0 Å². The molecule has 0 saturated carbocycles. The third-order valence-electron chi connectivity index (χ3n) is 3.66. The van der Waals surface area contributed by atoms with Gasteiger partial charge in [-0.1, -0.05) is 47.7 Å². The van der Waals surface area contributed by atoms with E-state index < -0.39 is 0 Å². The number of hydrogen-bond donors (Lipinski definition) is 1. The van der Waals surface area contributed by atoms with Gasteiger partial charge in [0, 0.05) is 5.69 Å². The lowest BCUT2D eigenvalue weighted by atomic mass is 10.3. The molecule has 2 heterocycles. The summed E-state index contributed by atoms with van der Waals surface area (Å²) in [6, 6.07) is 18.8. The zero-order valence-corrected chi connectivity index (χ0v) is 14.1. The molecule has 5 nitrogen and oxygen atoms in total. The van der Waals surface area contributed by atoms with Gasteiger partial charge in [-0.25, -0.2) is 4.57 Å². The van der Waals surface area contributed by atoms with Gasteiger partial charge < -0.3 is 5.73 Å². The van der Waals surface area contributed by atoms with Crippen molar-refractivity contribution in [1.29, 1.82) is 0 Å². The van der Waals surface area contributed by atoms with Crippen molar-refractivity contribution in [2.45, 2.75) is 0 Å². The molecule has 2 aromatic carbocycles. The zero-order valence-electron chi connectivity index (χ0n) is 12.4. The molecule has 0 amide bonds. The molecule has 118 valence electrons. The maximum absolute atomic E-state index is 12.9. The van der Waals surface area contributed by atoms with Gasteiger partial charge in [0.1, 0.15) is 4.70 Å². The number of rotatable bonds is 2.